The van der Waals surface area contributed by atoms with Gasteiger partial charge in [-0.05, 0) is 31.6 Å². The summed E-state index contributed by atoms with van der Waals surface area (Å²) in [6.07, 6.45) is 17.4. The zero-order valence-corrected chi connectivity index (χ0v) is 11.7. The predicted molar refractivity (Wildman–Crippen MR) is 75.3 cm³/mol. The summed E-state index contributed by atoms with van der Waals surface area (Å²) in [5.41, 5.74) is 0. The van der Waals surface area contributed by atoms with E-state index in [1.54, 1.807) is 0 Å². The number of hydrogen-bond acceptors (Lipinski definition) is 1. The fraction of sp³-hybridized carbons (Fsp3) is 1.00. The maximum Gasteiger partial charge on any atom is 0.00978 e. The van der Waals surface area contributed by atoms with Crippen molar-refractivity contribution in [1.82, 2.24) is 5.32 Å². The Morgan fingerprint density at radius 2 is 1.35 bits per heavy atom. The first kappa shape index (κ1) is 13.4. The van der Waals surface area contributed by atoms with Crippen LogP contribution in [0.1, 0.15) is 84.0 Å². The Kier molecular flexibility index (Phi) is 5.84. The summed E-state index contributed by atoms with van der Waals surface area (Å²) in [6.45, 7) is 2.38. The summed E-state index contributed by atoms with van der Waals surface area (Å²) < 4.78 is 0. The van der Waals surface area contributed by atoms with Crippen LogP contribution >= 0.6 is 0 Å². The first-order valence-electron chi connectivity index (χ1n) is 8.16. The molecule has 0 radical (unpaired) electrons. The molecule has 2 atom stereocenters. The molecule has 17 heavy (non-hydrogen) atoms. The lowest BCUT2D eigenvalue weighted by Gasteiger charge is -2.35. The van der Waals surface area contributed by atoms with E-state index in [-0.39, 0.29) is 0 Å². The Bertz CT molecular complexity index is 194. The zero-order valence-electron chi connectivity index (χ0n) is 11.7. The molecule has 0 aromatic carbocycles. The van der Waals surface area contributed by atoms with Gasteiger partial charge in [0.05, 0.1) is 0 Å². The van der Waals surface area contributed by atoms with Gasteiger partial charge in [0.1, 0.15) is 0 Å². The van der Waals surface area contributed by atoms with E-state index in [2.05, 4.69) is 12.2 Å². The Balaban J connectivity index is 1.80. The van der Waals surface area contributed by atoms with Crippen molar-refractivity contribution >= 4 is 0 Å². The van der Waals surface area contributed by atoms with Gasteiger partial charge < -0.3 is 5.32 Å². The summed E-state index contributed by atoms with van der Waals surface area (Å²) in [4.78, 5) is 0. The largest absolute Gasteiger partial charge is 0.311 e. The SMILES string of the molecule is CCC1CCCCC1NC1CCCCCCC1. The monoisotopic (exact) mass is 237 g/mol. The van der Waals surface area contributed by atoms with Gasteiger partial charge in [0.2, 0.25) is 0 Å². The van der Waals surface area contributed by atoms with Crippen LogP contribution in [0.4, 0.5) is 0 Å². The maximum absolute atomic E-state index is 4.03. The molecule has 0 spiro atoms. The molecule has 2 aliphatic carbocycles. The van der Waals surface area contributed by atoms with Gasteiger partial charge in [-0.15, -0.1) is 0 Å². The van der Waals surface area contributed by atoms with Crippen LogP contribution in [0, 0.1) is 5.92 Å². The van der Waals surface area contributed by atoms with Crippen LogP contribution in [0.3, 0.4) is 0 Å². The second-order valence-electron chi connectivity index (χ2n) is 6.27. The Labute approximate surface area is 108 Å². The number of rotatable bonds is 3. The third-order valence-corrected chi connectivity index (χ3v) is 4.99. The molecule has 2 unspecified atom stereocenters. The van der Waals surface area contributed by atoms with Crippen molar-refractivity contribution < 1.29 is 0 Å². The van der Waals surface area contributed by atoms with Crippen molar-refractivity contribution in [1.29, 1.82) is 0 Å². The molecule has 2 saturated carbocycles. The van der Waals surface area contributed by atoms with Gasteiger partial charge in [-0.1, -0.05) is 58.3 Å². The lowest BCUT2D eigenvalue weighted by Crippen LogP contribution is -2.44. The van der Waals surface area contributed by atoms with Gasteiger partial charge in [0.25, 0.3) is 0 Å². The lowest BCUT2D eigenvalue weighted by atomic mass is 9.82. The van der Waals surface area contributed by atoms with E-state index in [0.29, 0.717) is 0 Å². The minimum absolute atomic E-state index is 0.840. The average molecular weight is 237 g/mol. The minimum atomic E-state index is 0.840. The highest BCUT2D eigenvalue weighted by molar-refractivity contribution is 4.83. The summed E-state index contributed by atoms with van der Waals surface area (Å²) in [7, 11) is 0. The summed E-state index contributed by atoms with van der Waals surface area (Å²) in [6, 6.07) is 1.69. The van der Waals surface area contributed by atoms with Gasteiger partial charge in [-0.25, -0.2) is 0 Å². The normalized spacial score (nSPS) is 33.0. The van der Waals surface area contributed by atoms with Crippen molar-refractivity contribution in [2.75, 3.05) is 0 Å². The lowest BCUT2D eigenvalue weighted by molar-refractivity contribution is 0.222. The van der Waals surface area contributed by atoms with Crippen LogP contribution < -0.4 is 5.32 Å². The van der Waals surface area contributed by atoms with Crippen LogP contribution in [-0.4, -0.2) is 12.1 Å². The van der Waals surface area contributed by atoms with E-state index in [9.17, 15) is 0 Å². The van der Waals surface area contributed by atoms with Crippen LogP contribution in [0.25, 0.3) is 0 Å². The third kappa shape index (κ3) is 4.28. The third-order valence-electron chi connectivity index (χ3n) is 4.99. The molecule has 0 aromatic heterocycles. The molecule has 1 heteroatoms. The first-order valence-corrected chi connectivity index (χ1v) is 8.16. The Morgan fingerprint density at radius 1 is 0.765 bits per heavy atom. The highest BCUT2D eigenvalue weighted by Gasteiger charge is 2.25. The Hall–Kier alpha value is -0.0400. The molecular formula is C16H31N. The molecule has 0 heterocycles. The first-order chi connectivity index (χ1) is 8.40. The van der Waals surface area contributed by atoms with Gasteiger partial charge in [-0.3, -0.25) is 0 Å². The van der Waals surface area contributed by atoms with E-state index in [4.69, 9.17) is 0 Å². The van der Waals surface area contributed by atoms with E-state index in [1.807, 2.05) is 0 Å². The molecule has 100 valence electrons. The van der Waals surface area contributed by atoms with Crippen LogP contribution in [0.5, 0.6) is 0 Å². The molecule has 0 bridgehead atoms. The molecule has 1 N–H and O–H groups in total. The maximum atomic E-state index is 4.03. The molecule has 2 fully saturated rings. The zero-order chi connectivity index (χ0) is 11.9. The molecule has 2 rings (SSSR count). The highest BCUT2D eigenvalue weighted by atomic mass is 15.0. The van der Waals surface area contributed by atoms with Crippen molar-refractivity contribution in [2.45, 2.75) is 96.1 Å². The standard InChI is InChI=1S/C16H31N/c1-2-14-10-8-9-13-16(14)17-15-11-6-4-3-5-7-12-15/h14-17H,2-13H2,1H3. The molecule has 0 amide bonds. The van der Waals surface area contributed by atoms with Gasteiger partial charge in [0, 0.05) is 12.1 Å². The van der Waals surface area contributed by atoms with Crippen LogP contribution in [0.2, 0.25) is 0 Å². The Morgan fingerprint density at radius 3 is 2.06 bits per heavy atom. The smallest absolute Gasteiger partial charge is 0.00978 e. The molecule has 0 aromatic rings. The number of nitrogens with one attached hydrogen (secondary N) is 1. The van der Waals surface area contributed by atoms with Crippen LogP contribution in [0.15, 0.2) is 0 Å². The van der Waals surface area contributed by atoms with Crippen molar-refractivity contribution in [3.8, 4) is 0 Å². The summed E-state index contributed by atoms with van der Waals surface area (Å²) >= 11 is 0. The predicted octanol–water partition coefficient (Wildman–Crippen LogP) is 4.66. The van der Waals surface area contributed by atoms with Gasteiger partial charge in [0.15, 0.2) is 0 Å². The molecule has 0 aliphatic heterocycles. The molecular weight excluding hydrogens is 206 g/mol. The molecule has 1 nitrogen and oxygen atoms in total. The van der Waals surface area contributed by atoms with E-state index >= 15 is 0 Å². The van der Waals surface area contributed by atoms with E-state index < -0.39 is 0 Å². The number of hydrogen-bond donors (Lipinski definition) is 1. The highest BCUT2D eigenvalue weighted by Crippen LogP contribution is 2.28. The van der Waals surface area contributed by atoms with Crippen LogP contribution in [-0.2, 0) is 0 Å². The average Bonchev–Trinajstić information content (AvgIpc) is 2.33. The van der Waals surface area contributed by atoms with Crippen molar-refractivity contribution in [3.05, 3.63) is 0 Å². The van der Waals surface area contributed by atoms with Gasteiger partial charge >= 0.3 is 0 Å². The fourth-order valence-corrected chi connectivity index (χ4v) is 3.84. The molecule has 2 aliphatic rings. The summed E-state index contributed by atoms with van der Waals surface area (Å²) in [5, 5.41) is 4.03. The van der Waals surface area contributed by atoms with Gasteiger partial charge in [-0.2, -0.15) is 0 Å². The van der Waals surface area contributed by atoms with E-state index in [1.165, 1.54) is 77.0 Å². The van der Waals surface area contributed by atoms with Crippen molar-refractivity contribution in [3.63, 3.8) is 0 Å². The van der Waals surface area contributed by atoms with Crippen molar-refractivity contribution in [2.24, 2.45) is 5.92 Å². The summed E-state index contributed by atoms with van der Waals surface area (Å²) in [5.74, 6) is 0.967. The quantitative estimate of drug-likeness (QED) is 0.753. The second-order valence-corrected chi connectivity index (χ2v) is 6.27. The minimum Gasteiger partial charge on any atom is -0.311 e. The van der Waals surface area contributed by atoms with E-state index in [0.717, 1.165) is 18.0 Å². The second kappa shape index (κ2) is 7.41. The topological polar surface area (TPSA) is 12.0 Å². The fourth-order valence-electron chi connectivity index (χ4n) is 3.84. The molecule has 0 saturated heterocycles.